The molecule has 1 saturated heterocycles. The summed E-state index contributed by atoms with van der Waals surface area (Å²) in [6.07, 6.45) is 0.356. The molecule has 0 radical (unpaired) electrons. The van der Waals surface area contributed by atoms with Crippen LogP contribution in [-0.4, -0.2) is 19.8 Å². The molecule has 48 heavy (non-hydrogen) atoms. The lowest BCUT2D eigenvalue weighted by Gasteiger charge is -2.30. The van der Waals surface area contributed by atoms with Crippen molar-refractivity contribution in [1.29, 1.82) is 0 Å². The fourth-order valence-electron chi connectivity index (χ4n) is 5.55. The largest absolute Gasteiger partial charge is 0.491 e. The van der Waals surface area contributed by atoms with Crippen molar-refractivity contribution >= 4 is 0 Å². The average Bonchev–Trinajstić information content (AvgIpc) is 3.05. The fraction of sp³-hybridized carbons (Fsp3) is 0.368. The first-order chi connectivity index (χ1) is 23.1. The predicted octanol–water partition coefficient (Wildman–Crippen LogP) is 11.1. The van der Waals surface area contributed by atoms with Gasteiger partial charge in [-0.05, 0) is 72.0 Å². The van der Waals surface area contributed by atoms with Gasteiger partial charge in [0.2, 0.25) is 0 Å². The maximum atomic E-state index is 15.1. The Labute approximate surface area is 276 Å². The summed E-state index contributed by atoms with van der Waals surface area (Å²) in [7, 11) is 0. The molecule has 1 fully saturated rings. The highest BCUT2D eigenvalue weighted by molar-refractivity contribution is 5.71. The number of halogens is 6. The molecule has 0 bridgehead atoms. The first-order valence-electron chi connectivity index (χ1n) is 16.2. The second-order valence-corrected chi connectivity index (χ2v) is 11.9. The summed E-state index contributed by atoms with van der Waals surface area (Å²) in [5.41, 5.74) is -0.217. The van der Waals surface area contributed by atoms with E-state index >= 15 is 13.2 Å². The van der Waals surface area contributed by atoms with E-state index < -0.39 is 41.2 Å². The van der Waals surface area contributed by atoms with Crippen LogP contribution >= 0.6 is 0 Å². The van der Waals surface area contributed by atoms with E-state index in [2.05, 4.69) is 6.92 Å². The van der Waals surface area contributed by atoms with E-state index in [1.165, 1.54) is 48.5 Å². The minimum absolute atomic E-state index is 0.0438. The second-order valence-electron chi connectivity index (χ2n) is 11.9. The summed E-state index contributed by atoms with van der Waals surface area (Å²) < 4.78 is 111. The molecule has 1 aliphatic rings. The monoisotopic (exact) mass is 672 g/mol. The third-order valence-corrected chi connectivity index (χ3v) is 8.21. The SMILES string of the molecule is CCCCCC1COC(c2cc(F)c(C(F)(F)Oc3ccc(-c4ccc(-c5ccc(OCCCC)c(F)c5)c(F)c4)cc3)c(F)c2)OC1. The van der Waals surface area contributed by atoms with Gasteiger partial charge in [-0.3, -0.25) is 0 Å². The Morgan fingerprint density at radius 2 is 1.31 bits per heavy atom. The van der Waals surface area contributed by atoms with Crippen LogP contribution in [0.4, 0.5) is 26.3 Å². The molecule has 4 nitrogen and oxygen atoms in total. The molecule has 0 aromatic heterocycles. The number of benzene rings is 4. The zero-order valence-electron chi connectivity index (χ0n) is 26.8. The van der Waals surface area contributed by atoms with E-state index in [9.17, 15) is 13.2 Å². The average molecular weight is 673 g/mol. The van der Waals surface area contributed by atoms with Crippen molar-refractivity contribution in [3.63, 3.8) is 0 Å². The Hall–Kier alpha value is -4.02. The van der Waals surface area contributed by atoms with Crippen LogP contribution in [0, 0.1) is 29.2 Å². The minimum atomic E-state index is -4.35. The van der Waals surface area contributed by atoms with Crippen molar-refractivity contribution < 1.29 is 45.3 Å². The van der Waals surface area contributed by atoms with E-state index in [-0.39, 0.29) is 28.5 Å². The quantitative estimate of drug-likeness (QED) is 0.0987. The molecular formula is C38H38F6O4. The first-order valence-corrected chi connectivity index (χ1v) is 16.2. The van der Waals surface area contributed by atoms with Crippen molar-refractivity contribution in [1.82, 2.24) is 0 Å². The summed E-state index contributed by atoms with van der Waals surface area (Å²) >= 11 is 0. The molecule has 4 aromatic rings. The van der Waals surface area contributed by atoms with Crippen molar-refractivity contribution in [2.75, 3.05) is 19.8 Å². The standard InChI is InChI=1S/C38H38F6O4/c1-3-5-7-8-24-22-46-37(47-23-24)28-20-33(41)36(34(42)21-28)38(43,44)48-29-13-9-25(10-14-29)26-11-15-30(31(39)18-26)27-12-16-35(32(40)19-27)45-17-6-4-2/h9-16,18-21,24,37H,3-8,17,22-23H2,1-2H3. The smallest absolute Gasteiger partial charge is 0.432 e. The van der Waals surface area contributed by atoms with Gasteiger partial charge in [0.15, 0.2) is 17.9 Å². The number of ether oxygens (including phenoxy) is 4. The van der Waals surface area contributed by atoms with E-state index in [1.54, 1.807) is 12.1 Å². The van der Waals surface area contributed by atoms with E-state index in [4.69, 9.17) is 18.9 Å². The lowest BCUT2D eigenvalue weighted by atomic mass is 9.99. The van der Waals surface area contributed by atoms with Gasteiger partial charge < -0.3 is 18.9 Å². The molecule has 0 atom stereocenters. The summed E-state index contributed by atoms with van der Waals surface area (Å²) in [4.78, 5) is 0. The van der Waals surface area contributed by atoms with Gasteiger partial charge in [-0.15, -0.1) is 0 Å². The van der Waals surface area contributed by atoms with Crippen molar-refractivity contribution in [3.05, 3.63) is 107 Å². The van der Waals surface area contributed by atoms with Crippen LogP contribution in [0.3, 0.4) is 0 Å². The Balaban J connectivity index is 1.24. The van der Waals surface area contributed by atoms with Crippen LogP contribution < -0.4 is 9.47 Å². The van der Waals surface area contributed by atoms with Gasteiger partial charge >= 0.3 is 6.11 Å². The highest BCUT2D eigenvalue weighted by Gasteiger charge is 2.42. The van der Waals surface area contributed by atoms with E-state index in [0.29, 0.717) is 36.5 Å². The van der Waals surface area contributed by atoms with E-state index in [1.807, 2.05) is 6.92 Å². The van der Waals surface area contributed by atoms with Crippen molar-refractivity contribution in [2.24, 2.45) is 5.92 Å². The van der Waals surface area contributed by atoms with E-state index in [0.717, 1.165) is 50.7 Å². The van der Waals surface area contributed by atoms with Crippen LogP contribution in [0.2, 0.25) is 0 Å². The normalized spacial score (nSPS) is 16.6. The molecule has 1 heterocycles. The van der Waals surface area contributed by atoms with Gasteiger partial charge in [-0.25, -0.2) is 17.6 Å². The minimum Gasteiger partial charge on any atom is -0.491 e. The molecular weight excluding hydrogens is 634 g/mol. The first kappa shape index (κ1) is 35.3. The molecule has 0 unspecified atom stereocenters. The summed E-state index contributed by atoms with van der Waals surface area (Å²) in [6.45, 7) is 5.16. The molecule has 0 aliphatic carbocycles. The zero-order valence-corrected chi connectivity index (χ0v) is 26.8. The van der Waals surface area contributed by atoms with Crippen molar-refractivity contribution in [2.45, 2.75) is 64.8 Å². The summed E-state index contributed by atoms with van der Waals surface area (Å²) in [5.74, 6) is -4.34. The molecule has 0 saturated carbocycles. The molecule has 4 aromatic carbocycles. The maximum Gasteiger partial charge on any atom is 0.432 e. The number of unbranched alkanes of at least 4 members (excludes halogenated alkanes) is 3. The summed E-state index contributed by atoms with van der Waals surface area (Å²) in [5, 5.41) is 0. The second kappa shape index (κ2) is 15.9. The Bertz CT molecular complexity index is 1650. The predicted molar refractivity (Wildman–Crippen MR) is 171 cm³/mol. The van der Waals surface area contributed by atoms with Crippen LogP contribution in [-0.2, 0) is 15.6 Å². The van der Waals surface area contributed by atoms with Gasteiger partial charge in [0.05, 0.1) is 19.8 Å². The van der Waals surface area contributed by atoms with Gasteiger partial charge in [0.1, 0.15) is 28.8 Å². The third-order valence-electron chi connectivity index (χ3n) is 8.21. The third kappa shape index (κ3) is 8.52. The lowest BCUT2D eigenvalue weighted by molar-refractivity contribution is -0.206. The maximum absolute atomic E-state index is 15.1. The van der Waals surface area contributed by atoms with Gasteiger partial charge in [0, 0.05) is 17.0 Å². The highest BCUT2D eigenvalue weighted by atomic mass is 19.3. The van der Waals surface area contributed by atoms with Gasteiger partial charge in [-0.1, -0.05) is 69.9 Å². The van der Waals surface area contributed by atoms with Crippen LogP contribution in [0.1, 0.15) is 69.8 Å². The van der Waals surface area contributed by atoms with Gasteiger partial charge in [0.25, 0.3) is 0 Å². The summed E-state index contributed by atoms with van der Waals surface area (Å²) in [6, 6.07) is 15.3. The molecule has 10 heteroatoms. The Morgan fingerprint density at radius 3 is 1.94 bits per heavy atom. The number of alkyl halides is 2. The molecule has 0 N–H and O–H groups in total. The van der Waals surface area contributed by atoms with Crippen LogP contribution in [0.15, 0.2) is 72.8 Å². The molecule has 256 valence electrons. The Morgan fingerprint density at radius 1 is 0.688 bits per heavy atom. The molecule has 0 spiro atoms. The zero-order chi connectivity index (χ0) is 34.3. The topological polar surface area (TPSA) is 36.9 Å². The highest BCUT2D eigenvalue weighted by Crippen LogP contribution is 2.38. The number of hydrogen-bond donors (Lipinski definition) is 0. The molecule has 1 aliphatic heterocycles. The number of rotatable bonds is 14. The molecule has 5 rings (SSSR count). The molecule has 0 amide bonds. The Kier molecular flexibility index (Phi) is 11.7. The van der Waals surface area contributed by atoms with Gasteiger partial charge in [-0.2, -0.15) is 8.78 Å². The van der Waals surface area contributed by atoms with Crippen molar-refractivity contribution in [3.8, 4) is 33.8 Å². The van der Waals surface area contributed by atoms with Crippen LogP contribution in [0.5, 0.6) is 11.5 Å². The van der Waals surface area contributed by atoms with Crippen LogP contribution in [0.25, 0.3) is 22.3 Å². The fourth-order valence-corrected chi connectivity index (χ4v) is 5.55. The lowest BCUT2D eigenvalue weighted by Crippen LogP contribution is -2.28. The number of hydrogen-bond acceptors (Lipinski definition) is 4.